The minimum Gasteiger partial charge on any atom is -0.495 e. The van der Waals surface area contributed by atoms with Crippen LogP contribution in [0.4, 0.5) is 5.69 Å². The lowest BCUT2D eigenvalue weighted by atomic mass is 10.2. The van der Waals surface area contributed by atoms with Gasteiger partial charge >= 0.3 is 0 Å². The maximum Gasteiger partial charge on any atom is 0.274 e. The van der Waals surface area contributed by atoms with Crippen molar-refractivity contribution in [2.24, 2.45) is 0 Å². The quantitative estimate of drug-likeness (QED) is 0.748. The van der Waals surface area contributed by atoms with Crippen LogP contribution < -0.4 is 10.1 Å². The highest BCUT2D eigenvalue weighted by atomic mass is 32.2. The molecule has 3 aromatic rings. The first kappa shape index (κ1) is 17.6. The van der Waals surface area contributed by atoms with E-state index in [4.69, 9.17) is 4.74 Å². The van der Waals surface area contributed by atoms with Crippen molar-refractivity contribution < 1.29 is 17.9 Å². The Morgan fingerprint density at radius 3 is 2.35 bits per heavy atom. The Morgan fingerprint density at radius 2 is 1.69 bits per heavy atom. The Labute approximate surface area is 151 Å². The van der Waals surface area contributed by atoms with Crippen LogP contribution in [-0.2, 0) is 9.84 Å². The standard InChI is InChI=1S/C19H16N2O4S/c1-25-18-13-15(26(23,24)14-7-3-2-4-8-14)10-11-16(18)21-19(22)17-9-5-6-12-20-17/h2-13H,1H3,(H,21,22). The lowest BCUT2D eigenvalue weighted by molar-refractivity contribution is 0.102. The third-order valence-corrected chi connectivity index (χ3v) is 5.45. The summed E-state index contributed by atoms with van der Waals surface area (Å²) in [5.41, 5.74) is 0.603. The summed E-state index contributed by atoms with van der Waals surface area (Å²) in [7, 11) is -2.27. The molecule has 1 amide bonds. The number of aromatic nitrogens is 1. The number of nitrogens with one attached hydrogen (secondary N) is 1. The molecule has 3 rings (SSSR count). The van der Waals surface area contributed by atoms with Gasteiger partial charge in [-0.1, -0.05) is 24.3 Å². The van der Waals surface area contributed by atoms with Gasteiger partial charge in [0.1, 0.15) is 11.4 Å². The zero-order valence-electron chi connectivity index (χ0n) is 13.9. The Morgan fingerprint density at radius 1 is 0.962 bits per heavy atom. The van der Waals surface area contributed by atoms with E-state index >= 15 is 0 Å². The number of benzene rings is 2. The van der Waals surface area contributed by atoms with Gasteiger partial charge in [-0.15, -0.1) is 0 Å². The smallest absolute Gasteiger partial charge is 0.274 e. The molecule has 2 aromatic carbocycles. The largest absolute Gasteiger partial charge is 0.495 e. The van der Waals surface area contributed by atoms with Crippen LogP contribution in [-0.4, -0.2) is 26.4 Å². The second kappa shape index (κ2) is 7.37. The first-order valence-electron chi connectivity index (χ1n) is 7.73. The Kier molecular flexibility index (Phi) is 4.99. The molecule has 0 aliphatic rings. The number of nitrogens with zero attached hydrogens (tertiary/aromatic N) is 1. The molecule has 0 saturated heterocycles. The molecule has 1 heterocycles. The fourth-order valence-corrected chi connectivity index (χ4v) is 3.66. The Balaban J connectivity index is 1.92. The summed E-state index contributed by atoms with van der Waals surface area (Å²) in [6, 6.07) is 17.4. The molecule has 0 aliphatic carbocycles. The predicted octanol–water partition coefficient (Wildman–Crippen LogP) is 3.18. The van der Waals surface area contributed by atoms with E-state index in [0.29, 0.717) is 5.69 Å². The zero-order chi connectivity index (χ0) is 18.6. The van der Waals surface area contributed by atoms with E-state index < -0.39 is 15.7 Å². The van der Waals surface area contributed by atoms with Crippen molar-refractivity contribution in [2.75, 3.05) is 12.4 Å². The molecule has 0 radical (unpaired) electrons. The van der Waals surface area contributed by atoms with Crippen LogP contribution in [0, 0.1) is 0 Å². The summed E-state index contributed by atoms with van der Waals surface area (Å²) in [5, 5.41) is 2.67. The topological polar surface area (TPSA) is 85.4 Å². The highest BCUT2D eigenvalue weighted by molar-refractivity contribution is 7.91. The molecule has 0 atom stereocenters. The lowest BCUT2D eigenvalue weighted by Gasteiger charge is -2.12. The van der Waals surface area contributed by atoms with Gasteiger partial charge in [0.25, 0.3) is 5.91 Å². The highest BCUT2D eigenvalue weighted by Crippen LogP contribution is 2.30. The molecule has 132 valence electrons. The highest BCUT2D eigenvalue weighted by Gasteiger charge is 2.20. The summed E-state index contributed by atoms with van der Waals surface area (Å²) >= 11 is 0. The van der Waals surface area contributed by atoms with Gasteiger partial charge in [-0.25, -0.2) is 8.42 Å². The number of ether oxygens (including phenoxy) is 1. The summed E-state index contributed by atoms with van der Waals surface area (Å²) in [4.78, 5) is 16.5. The monoisotopic (exact) mass is 368 g/mol. The predicted molar refractivity (Wildman–Crippen MR) is 97.1 cm³/mol. The molecule has 0 unspecified atom stereocenters. The van der Waals surface area contributed by atoms with Crippen molar-refractivity contribution in [3.8, 4) is 5.75 Å². The van der Waals surface area contributed by atoms with Gasteiger partial charge in [0.05, 0.1) is 22.6 Å². The zero-order valence-corrected chi connectivity index (χ0v) is 14.7. The normalized spacial score (nSPS) is 11.0. The van der Waals surface area contributed by atoms with Crippen molar-refractivity contribution in [2.45, 2.75) is 9.79 Å². The molecule has 0 spiro atoms. The molecule has 7 heteroatoms. The molecule has 6 nitrogen and oxygen atoms in total. The number of amides is 1. The van der Waals surface area contributed by atoms with Crippen LogP contribution in [0.25, 0.3) is 0 Å². The number of carbonyl (C=O) groups is 1. The Hall–Kier alpha value is -3.19. The van der Waals surface area contributed by atoms with Gasteiger partial charge < -0.3 is 10.1 Å². The Bertz CT molecular complexity index is 1020. The summed E-state index contributed by atoms with van der Waals surface area (Å²) < 4.78 is 30.7. The van der Waals surface area contributed by atoms with Gasteiger partial charge in [0, 0.05) is 12.3 Å². The number of anilines is 1. The molecular formula is C19H16N2O4S. The second-order valence-corrected chi connectivity index (χ2v) is 7.30. The van der Waals surface area contributed by atoms with E-state index in [2.05, 4.69) is 10.3 Å². The van der Waals surface area contributed by atoms with E-state index in [1.54, 1.807) is 36.4 Å². The number of hydrogen-bond acceptors (Lipinski definition) is 5. The van der Waals surface area contributed by atoms with Crippen LogP contribution in [0.5, 0.6) is 5.75 Å². The number of sulfone groups is 1. The molecule has 1 N–H and O–H groups in total. The summed E-state index contributed by atoms with van der Waals surface area (Å²) in [6.45, 7) is 0. The van der Waals surface area contributed by atoms with Crippen molar-refractivity contribution in [3.05, 3.63) is 78.6 Å². The van der Waals surface area contributed by atoms with Crippen molar-refractivity contribution in [1.82, 2.24) is 4.98 Å². The van der Waals surface area contributed by atoms with Gasteiger partial charge in [0.2, 0.25) is 9.84 Å². The first-order chi connectivity index (χ1) is 12.5. The van der Waals surface area contributed by atoms with Crippen LogP contribution in [0.1, 0.15) is 10.5 Å². The number of rotatable bonds is 5. The third-order valence-electron chi connectivity index (χ3n) is 3.68. The van der Waals surface area contributed by atoms with Gasteiger partial charge in [-0.2, -0.15) is 0 Å². The van der Waals surface area contributed by atoms with Gasteiger partial charge in [0.15, 0.2) is 0 Å². The van der Waals surface area contributed by atoms with E-state index in [9.17, 15) is 13.2 Å². The van der Waals surface area contributed by atoms with Crippen molar-refractivity contribution in [1.29, 1.82) is 0 Å². The number of pyridine rings is 1. The van der Waals surface area contributed by atoms with Crippen LogP contribution in [0.2, 0.25) is 0 Å². The van der Waals surface area contributed by atoms with E-state index in [1.165, 1.54) is 43.6 Å². The van der Waals surface area contributed by atoms with E-state index in [1.807, 2.05) is 0 Å². The number of hydrogen-bond donors (Lipinski definition) is 1. The van der Waals surface area contributed by atoms with Crippen molar-refractivity contribution in [3.63, 3.8) is 0 Å². The number of methoxy groups -OCH3 is 1. The molecule has 1 aromatic heterocycles. The lowest BCUT2D eigenvalue weighted by Crippen LogP contribution is -2.14. The minimum atomic E-state index is -3.67. The fourth-order valence-electron chi connectivity index (χ4n) is 2.36. The van der Waals surface area contributed by atoms with E-state index in [0.717, 1.165) is 0 Å². The van der Waals surface area contributed by atoms with E-state index in [-0.39, 0.29) is 21.2 Å². The van der Waals surface area contributed by atoms with Crippen LogP contribution in [0.15, 0.2) is 82.7 Å². The van der Waals surface area contributed by atoms with Gasteiger partial charge in [-0.3, -0.25) is 9.78 Å². The summed E-state index contributed by atoms with van der Waals surface area (Å²) in [6.07, 6.45) is 1.52. The number of carbonyl (C=O) groups excluding carboxylic acids is 1. The average molecular weight is 368 g/mol. The average Bonchev–Trinajstić information content (AvgIpc) is 2.69. The molecule has 0 fully saturated rings. The molecule has 0 saturated carbocycles. The molecule has 0 aliphatic heterocycles. The minimum absolute atomic E-state index is 0.0800. The molecular weight excluding hydrogens is 352 g/mol. The van der Waals surface area contributed by atoms with Crippen LogP contribution >= 0.6 is 0 Å². The summed E-state index contributed by atoms with van der Waals surface area (Å²) in [5.74, 6) is -0.172. The van der Waals surface area contributed by atoms with Crippen LogP contribution in [0.3, 0.4) is 0 Å². The molecule has 26 heavy (non-hydrogen) atoms. The van der Waals surface area contributed by atoms with Gasteiger partial charge in [-0.05, 0) is 36.4 Å². The van der Waals surface area contributed by atoms with Crippen molar-refractivity contribution >= 4 is 21.4 Å². The maximum atomic E-state index is 12.7. The SMILES string of the molecule is COc1cc(S(=O)(=O)c2ccccc2)ccc1NC(=O)c1ccccn1. The maximum absolute atomic E-state index is 12.7. The second-order valence-electron chi connectivity index (χ2n) is 5.35. The fraction of sp³-hybridized carbons (Fsp3) is 0.0526. The first-order valence-corrected chi connectivity index (χ1v) is 9.21. The third kappa shape index (κ3) is 3.57. The molecule has 0 bridgehead atoms.